The molecule has 0 saturated heterocycles. The second-order valence-corrected chi connectivity index (χ2v) is 7.23. The third kappa shape index (κ3) is 5.62. The second-order valence-electron chi connectivity index (χ2n) is 4.89. The molecule has 1 amide bonds. The average Bonchev–Trinajstić information content (AvgIpc) is 2.46. The van der Waals surface area contributed by atoms with Crippen molar-refractivity contribution in [3.8, 4) is 0 Å². The van der Waals surface area contributed by atoms with Gasteiger partial charge in [-0.2, -0.15) is 9.30 Å². The van der Waals surface area contributed by atoms with Crippen molar-refractivity contribution in [1.82, 2.24) is 4.31 Å². The van der Waals surface area contributed by atoms with Gasteiger partial charge in [-0.25, -0.2) is 8.42 Å². The molecule has 0 aliphatic rings. The molecule has 4 N–H and O–H groups in total. The third-order valence-electron chi connectivity index (χ3n) is 2.98. The number of rotatable bonds is 7. The zero-order chi connectivity index (χ0) is 17.6. The van der Waals surface area contributed by atoms with Gasteiger partial charge in [-0.3, -0.25) is 4.79 Å². The SMILES string of the molecule is CCCN(CCC)S(=O)(=O)c1ccc(Cl)c(C(=O)N=C(N)N)c1.Cl. The molecule has 0 aromatic heterocycles. The van der Waals surface area contributed by atoms with E-state index in [1.165, 1.54) is 22.5 Å². The molecule has 136 valence electrons. The fourth-order valence-electron chi connectivity index (χ4n) is 2.01. The number of guanidine groups is 1. The maximum Gasteiger partial charge on any atom is 0.281 e. The van der Waals surface area contributed by atoms with Gasteiger partial charge in [-0.05, 0) is 31.0 Å². The summed E-state index contributed by atoms with van der Waals surface area (Å²) < 4.78 is 26.8. The minimum atomic E-state index is -3.72. The number of halogens is 2. The molecular formula is C14H22Cl2N4O3S. The standard InChI is InChI=1S/C14H21ClN4O3S.ClH/c1-3-7-19(8-4-2)23(21,22)10-5-6-12(15)11(9-10)13(20)18-14(16)17;/h5-6,9H,3-4,7-8H2,1-2H3,(H4,16,17,18,20);1H. The maximum atomic E-state index is 12.7. The molecule has 0 atom stereocenters. The molecule has 0 fully saturated rings. The van der Waals surface area contributed by atoms with Gasteiger partial charge in [0.15, 0.2) is 5.96 Å². The molecule has 10 heteroatoms. The zero-order valence-electron chi connectivity index (χ0n) is 13.5. The van der Waals surface area contributed by atoms with Gasteiger partial charge in [0.2, 0.25) is 10.0 Å². The normalized spacial score (nSPS) is 11.0. The largest absolute Gasteiger partial charge is 0.370 e. The van der Waals surface area contributed by atoms with Crippen LogP contribution >= 0.6 is 24.0 Å². The molecule has 0 heterocycles. The van der Waals surface area contributed by atoms with Gasteiger partial charge >= 0.3 is 0 Å². The van der Waals surface area contributed by atoms with E-state index >= 15 is 0 Å². The van der Waals surface area contributed by atoms with Crippen LogP contribution in [0.5, 0.6) is 0 Å². The van der Waals surface area contributed by atoms with Crippen molar-refractivity contribution in [2.75, 3.05) is 13.1 Å². The Kier molecular flexibility index (Phi) is 9.27. The highest BCUT2D eigenvalue weighted by Crippen LogP contribution is 2.24. The first-order valence-corrected chi connectivity index (χ1v) is 8.99. The number of nitrogens with zero attached hydrogens (tertiary/aromatic N) is 2. The van der Waals surface area contributed by atoms with Crippen molar-refractivity contribution in [3.63, 3.8) is 0 Å². The quantitative estimate of drug-likeness (QED) is 0.539. The lowest BCUT2D eigenvalue weighted by molar-refractivity contribution is 0.100. The lowest BCUT2D eigenvalue weighted by Crippen LogP contribution is -2.32. The summed E-state index contributed by atoms with van der Waals surface area (Å²) in [5.41, 5.74) is 10.3. The fraction of sp³-hybridized carbons (Fsp3) is 0.429. The molecule has 7 nitrogen and oxygen atoms in total. The number of sulfonamides is 1. The Balaban J connectivity index is 0.00000529. The predicted octanol–water partition coefficient (Wildman–Crippen LogP) is 1.99. The van der Waals surface area contributed by atoms with Crippen LogP contribution in [0.3, 0.4) is 0 Å². The summed E-state index contributed by atoms with van der Waals surface area (Å²) in [4.78, 5) is 15.3. The van der Waals surface area contributed by atoms with Gasteiger partial charge in [0.05, 0.1) is 15.5 Å². The molecule has 0 bridgehead atoms. The highest BCUT2D eigenvalue weighted by atomic mass is 35.5. The van der Waals surface area contributed by atoms with E-state index in [9.17, 15) is 13.2 Å². The van der Waals surface area contributed by atoms with Crippen LogP contribution in [0, 0.1) is 0 Å². The number of hydrogen-bond donors (Lipinski definition) is 2. The Morgan fingerprint density at radius 1 is 1.21 bits per heavy atom. The minimum absolute atomic E-state index is 0. The topological polar surface area (TPSA) is 119 Å². The van der Waals surface area contributed by atoms with Crippen LogP contribution in [-0.4, -0.2) is 37.7 Å². The fourth-order valence-corrected chi connectivity index (χ4v) is 3.86. The summed E-state index contributed by atoms with van der Waals surface area (Å²) in [6.45, 7) is 4.59. The number of carbonyl (C=O) groups excluding carboxylic acids is 1. The highest BCUT2D eigenvalue weighted by Gasteiger charge is 2.25. The number of amides is 1. The second kappa shape index (κ2) is 9.83. The summed E-state index contributed by atoms with van der Waals surface area (Å²) in [5, 5.41) is 0.0801. The van der Waals surface area contributed by atoms with Gasteiger partial charge in [-0.1, -0.05) is 25.4 Å². The predicted molar refractivity (Wildman–Crippen MR) is 98.2 cm³/mol. The summed E-state index contributed by atoms with van der Waals surface area (Å²) in [5.74, 6) is -1.21. The molecule has 24 heavy (non-hydrogen) atoms. The van der Waals surface area contributed by atoms with Crippen molar-refractivity contribution in [2.24, 2.45) is 16.5 Å². The highest BCUT2D eigenvalue weighted by molar-refractivity contribution is 7.89. The molecule has 0 aliphatic heterocycles. The van der Waals surface area contributed by atoms with E-state index in [4.69, 9.17) is 23.1 Å². The molecule has 1 aromatic carbocycles. The Bertz CT molecular complexity index is 698. The Hall–Kier alpha value is -1.35. The number of aliphatic imine (C=N–C) groups is 1. The number of hydrogen-bond acceptors (Lipinski definition) is 3. The van der Waals surface area contributed by atoms with E-state index < -0.39 is 21.9 Å². The van der Waals surface area contributed by atoms with Crippen LogP contribution in [0.4, 0.5) is 0 Å². The van der Waals surface area contributed by atoms with Crippen LogP contribution in [0.1, 0.15) is 37.0 Å². The maximum absolute atomic E-state index is 12.7. The van der Waals surface area contributed by atoms with E-state index in [2.05, 4.69) is 4.99 Å². The van der Waals surface area contributed by atoms with Crippen molar-refractivity contribution < 1.29 is 13.2 Å². The van der Waals surface area contributed by atoms with E-state index in [0.717, 1.165) is 0 Å². The summed E-state index contributed by atoms with van der Waals surface area (Å²) in [6.07, 6.45) is 1.37. The van der Waals surface area contributed by atoms with Gasteiger partial charge < -0.3 is 11.5 Å². The first-order valence-electron chi connectivity index (χ1n) is 7.17. The average molecular weight is 397 g/mol. The van der Waals surface area contributed by atoms with Gasteiger partial charge in [0, 0.05) is 13.1 Å². The van der Waals surface area contributed by atoms with Crippen molar-refractivity contribution in [1.29, 1.82) is 0 Å². The van der Waals surface area contributed by atoms with E-state index in [1.54, 1.807) is 0 Å². The smallest absolute Gasteiger partial charge is 0.281 e. The number of carbonyl (C=O) groups is 1. The Morgan fingerprint density at radius 2 is 1.75 bits per heavy atom. The van der Waals surface area contributed by atoms with Crippen LogP contribution in [-0.2, 0) is 10.0 Å². The minimum Gasteiger partial charge on any atom is -0.370 e. The van der Waals surface area contributed by atoms with Crippen LogP contribution < -0.4 is 11.5 Å². The molecule has 0 radical (unpaired) electrons. The Labute approximate surface area is 153 Å². The monoisotopic (exact) mass is 396 g/mol. The molecule has 0 spiro atoms. The summed E-state index contributed by atoms with van der Waals surface area (Å²) >= 11 is 5.95. The molecule has 0 unspecified atom stereocenters. The van der Waals surface area contributed by atoms with E-state index in [0.29, 0.717) is 25.9 Å². The van der Waals surface area contributed by atoms with Gasteiger partial charge in [0.1, 0.15) is 0 Å². The van der Waals surface area contributed by atoms with Crippen LogP contribution in [0.15, 0.2) is 28.1 Å². The zero-order valence-corrected chi connectivity index (χ0v) is 15.9. The van der Waals surface area contributed by atoms with Crippen LogP contribution in [0.2, 0.25) is 5.02 Å². The number of benzene rings is 1. The lowest BCUT2D eigenvalue weighted by atomic mass is 10.2. The molecular weight excluding hydrogens is 375 g/mol. The summed E-state index contributed by atoms with van der Waals surface area (Å²) in [7, 11) is -3.72. The van der Waals surface area contributed by atoms with E-state index in [-0.39, 0.29) is 27.9 Å². The first kappa shape index (κ1) is 22.6. The van der Waals surface area contributed by atoms with Gasteiger partial charge in [-0.15, -0.1) is 12.4 Å². The molecule has 0 saturated carbocycles. The van der Waals surface area contributed by atoms with Crippen molar-refractivity contribution in [3.05, 3.63) is 28.8 Å². The number of nitrogens with two attached hydrogens (primary N) is 2. The third-order valence-corrected chi connectivity index (χ3v) is 5.21. The van der Waals surface area contributed by atoms with Gasteiger partial charge in [0.25, 0.3) is 5.91 Å². The van der Waals surface area contributed by atoms with Crippen molar-refractivity contribution in [2.45, 2.75) is 31.6 Å². The first-order chi connectivity index (χ1) is 10.7. The Morgan fingerprint density at radius 3 is 2.21 bits per heavy atom. The molecule has 1 aromatic rings. The molecule has 0 aliphatic carbocycles. The van der Waals surface area contributed by atoms with Crippen LogP contribution in [0.25, 0.3) is 0 Å². The van der Waals surface area contributed by atoms with Crippen molar-refractivity contribution >= 4 is 45.9 Å². The molecule has 1 rings (SSSR count). The van der Waals surface area contributed by atoms with E-state index in [1.807, 2.05) is 13.8 Å². The lowest BCUT2D eigenvalue weighted by Gasteiger charge is -2.21. The summed E-state index contributed by atoms with van der Waals surface area (Å²) in [6, 6.07) is 3.91.